The highest BCUT2D eigenvalue weighted by molar-refractivity contribution is 7.99. The van der Waals surface area contributed by atoms with Crippen LogP contribution in [0.1, 0.15) is 47.0 Å². The number of anilines is 1. The van der Waals surface area contributed by atoms with Gasteiger partial charge >= 0.3 is 0 Å². The Labute approximate surface area is 159 Å². The van der Waals surface area contributed by atoms with E-state index in [-0.39, 0.29) is 11.8 Å². The number of fused-ring (bicyclic) bond motifs is 1. The van der Waals surface area contributed by atoms with Crippen molar-refractivity contribution in [2.24, 2.45) is 5.92 Å². The average molecular weight is 379 g/mol. The largest absolute Gasteiger partial charge is 0.369 e. The van der Waals surface area contributed by atoms with Crippen LogP contribution in [-0.2, 0) is 11.3 Å². The van der Waals surface area contributed by atoms with Crippen molar-refractivity contribution in [3.05, 3.63) is 6.20 Å². The summed E-state index contributed by atoms with van der Waals surface area (Å²) in [6.45, 7) is 10.3. The third-order valence-corrected chi connectivity index (χ3v) is 5.00. The molecule has 2 aromatic heterocycles. The van der Waals surface area contributed by atoms with Gasteiger partial charge in [0.1, 0.15) is 5.82 Å². The standard InChI is InChI=1S/C18H30N6OS/c1-5-9-19-15-14-12-21-24(16(14)23-18(22-15)26-8-4)11-10-20-17(25)13(6-2)7-3/h12-13H,5-11H2,1-4H3,(H,20,25)(H,19,22,23). The second-order valence-electron chi connectivity index (χ2n) is 6.12. The first-order valence-corrected chi connectivity index (χ1v) is 10.5. The van der Waals surface area contributed by atoms with Gasteiger partial charge in [0.2, 0.25) is 5.91 Å². The average Bonchev–Trinajstić information content (AvgIpc) is 3.04. The maximum Gasteiger partial charge on any atom is 0.223 e. The molecule has 0 aliphatic heterocycles. The third-order valence-electron chi connectivity index (χ3n) is 4.27. The predicted molar refractivity (Wildman–Crippen MR) is 108 cm³/mol. The fourth-order valence-electron chi connectivity index (χ4n) is 2.76. The Morgan fingerprint density at radius 1 is 1.19 bits per heavy atom. The molecular formula is C18H30N6OS. The zero-order valence-corrected chi connectivity index (χ0v) is 17.0. The molecular weight excluding hydrogens is 348 g/mol. The monoisotopic (exact) mass is 378 g/mol. The summed E-state index contributed by atoms with van der Waals surface area (Å²) in [5.41, 5.74) is 0.811. The minimum Gasteiger partial charge on any atom is -0.369 e. The molecule has 0 unspecified atom stereocenters. The van der Waals surface area contributed by atoms with Crippen molar-refractivity contribution in [1.29, 1.82) is 0 Å². The van der Waals surface area contributed by atoms with Gasteiger partial charge < -0.3 is 10.6 Å². The van der Waals surface area contributed by atoms with Gasteiger partial charge in [0.25, 0.3) is 0 Å². The lowest BCUT2D eigenvalue weighted by molar-refractivity contribution is -0.125. The number of aromatic nitrogens is 4. The molecule has 0 aromatic carbocycles. The Kier molecular flexibility index (Phi) is 8.15. The highest BCUT2D eigenvalue weighted by atomic mass is 32.2. The number of carbonyl (C=O) groups is 1. The van der Waals surface area contributed by atoms with E-state index >= 15 is 0 Å². The number of nitrogens with zero attached hydrogens (tertiary/aromatic N) is 4. The topological polar surface area (TPSA) is 84.7 Å². The first-order valence-electron chi connectivity index (χ1n) is 9.52. The number of hydrogen-bond acceptors (Lipinski definition) is 6. The number of amides is 1. The van der Waals surface area contributed by atoms with E-state index in [2.05, 4.69) is 39.5 Å². The van der Waals surface area contributed by atoms with Crippen LogP contribution in [0, 0.1) is 5.92 Å². The quantitative estimate of drug-likeness (QED) is 0.461. The number of hydrogen-bond donors (Lipinski definition) is 2. The highest BCUT2D eigenvalue weighted by Crippen LogP contribution is 2.24. The molecule has 0 saturated heterocycles. The van der Waals surface area contributed by atoms with Crippen LogP contribution in [0.2, 0.25) is 0 Å². The fraction of sp³-hybridized carbons (Fsp3) is 0.667. The summed E-state index contributed by atoms with van der Waals surface area (Å²) in [6.07, 6.45) is 4.56. The molecule has 8 heteroatoms. The van der Waals surface area contributed by atoms with Crippen LogP contribution in [0.25, 0.3) is 11.0 Å². The van der Waals surface area contributed by atoms with E-state index in [1.165, 1.54) is 0 Å². The summed E-state index contributed by atoms with van der Waals surface area (Å²) in [5, 5.41) is 12.5. The van der Waals surface area contributed by atoms with Crippen molar-refractivity contribution in [1.82, 2.24) is 25.1 Å². The minimum absolute atomic E-state index is 0.0871. The van der Waals surface area contributed by atoms with Gasteiger partial charge in [0.05, 0.1) is 18.1 Å². The Morgan fingerprint density at radius 3 is 2.62 bits per heavy atom. The Balaban J connectivity index is 2.14. The summed E-state index contributed by atoms with van der Waals surface area (Å²) in [7, 11) is 0. The van der Waals surface area contributed by atoms with Crippen LogP contribution < -0.4 is 10.6 Å². The molecule has 0 spiro atoms. The zero-order chi connectivity index (χ0) is 18.9. The fourth-order valence-corrected chi connectivity index (χ4v) is 3.32. The third kappa shape index (κ3) is 5.09. The predicted octanol–water partition coefficient (Wildman–Crippen LogP) is 3.31. The van der Waals surface area contributed by atoms with Gasteiger partial charge in [-0.2, -0.15) is 5.10 Å². The Hall–Kier alpha value is -1.83. The molecule has 2 N–H and O–H groups in total. The molecule has 1 amide bonds. The van der Waals surface area contributed by atoms with Crippen LogP contribution >= 0.6 is 11.8 Å². The molecule has 2 rings (SSSR count). The lowest BCUT2D eigenvalue weighted by atomic mass is 10.0. The van der Waals surface area contributed by atoms with Gasteiger partial charge in [-0.15, -0.1) is 0 Å². The number of nitrogens with one attached hydrogen (secondary N) is 2. The van der Waals surface area contributed by atoms with Crippen molar-refractivity contribution >= 4 is 34.5 Å². The van der Waals surface area contributed by atoms with Gasteiger partial charge in [-0.25, -0.2) is 14.6 Å². The van der Waals surface area contributed by atoms with Gasteiger partial charge in [-0.1, -0.05) is 39.5 Å². The molecule has 0 bridgehead atoms. The normalized spacial score (nSPS) is 11.3. The van der Waals surface area contributed by atoms with Gasteiger partial charge in [-0.05, 0) is 25.0 Å². The molecule has 144 valence electrons. The molecule has 0 radical (unpaired) electrons. The van der Waals surface area contributed by atoms with Crippen molar-refractivity contribution in [2.75, 3.05) is 24.2 Å². The molecule has 2 heterocycles. The van der Waals surface area contributed by atoms with E-state index in [1.807, 2.05) is 18.5 Å². The van der Waals surface area contributed by atoms with Crippen LogP contribution in [0.15, 0.2) is 11.4 Å². The van der Waals surface area contributed by atoms with E-state index in [1.54, 1.807) is 18.0 Å². The summed E-state index contributed by atoms with van der Waals surface area (Å²) in [6, 6.07) is 0. The van der Waals surface area contributed by atoms with Crippen LogP contribution in [0.5, 0.6) is 0 Å². The highest BCUT2D eigenvalue weighted by Gasteiger charge is 2.15. The van der Waals surface area contributed by atoms with E-state index in [0.29, 0.717) is 13.1 Å². The smallest absolute Gasteiger partial charge is 0.223 e. The van der Waals surface area contributed by atoms with Crippen molar-refractivity contribution in [2.45, 2.75) is 58.7 Å². The molecule has 0 aliphatic rings. The van der Waals surface area contributed by atoms with Crippen molar-refractivity contribution in [3.8, 4) is 0 Å². The second kappa shape index (κ2) is 10.4. The number of carbonyl (C=O) groups excluding carboxylic acids is 1. The molecule has 0 fully saturated rings. The van der Waals surface area contributed by atoms with Crippen LogP contribution in [0.3, 0.4) is 0 Å². The molecule has 7 nitrogen and oxygen atoms in total. The Bertz CT molecular complexity index is 713. The SMILES string of the molecule is CCCNc1nc(SCC)nc2c1cnn2CCNC(=O)C(CC)CC. The summed E-state index contributed by atoms with van der Waals surface area (Å²) >= 11 is 1.62. The lowest BCUT2D eigenvalue weighted by Gasteiger charge is -2.13. The number of rotatable bonds is 11. The molecule has 26 heavy (non-hydrogen) atoms. The maximum atomic E-state index is 12.1. The number of thioether (sulfide) groups is 1. The second-order valence-corrected chi connectivity index (χ2v) is 7.36. The molecule has 0 saturated carbocycles. The first-order chi connectivity index (χ1) is 12.6. The maximum absolute atomic E-state index is 12.1. The van der Waals surface area contributed by atoms with E-state index in [9.17, 15) is 4.79 Å². The van der Waals surface area contributed by atoms with E-state index in [4.69, 9.17) is 0 Å². The summed E-state index contributed by atoms with van der Waals surface area (Å²) in [4.78, 5) is 21.4. The molecule has 2 aromatic rings. The van der Waals surface area contributed by atoms with Crippen LogP contribution in [-0.4, -0.2) is 44.5 Å². The minimum atomic E-state index is 0.0871. The van der Waals surface area contributed by atoms with Crippen molar-refractivity contribution < 1.29 is 4.79 Å². The van der Waals surface area contributed by atoms with E-state index in [0.717, 1.165) is 53.6 Å². The molecule has 0 atom stereocenters. The van der Waals surface area contributed by atoms with Crippen LogP contribution in [0.4, 0.5) is 5.82 Å². The van der Waals surface area contributed by atoms with Gasteiger partial charge in [0.15, 0.2) is 10.8 Å². The van der Waals surface area contributed by atoms with Crippen molar-refractivity contribution in [3.63, 3.8) is 0 Å². The molecule has 0 aliphatic carbocycles. The summed E-state index contributed by atoms with van der Waals surface area (Å²) < 4.78 is 1.85. The first kappa shape index (κ1) is 20.5. The van der Waals surface area contributed by atoms with Gasteiger partial charge in [-0.3, -0.25) is 4.79 Å². The zero-order valence-electron chi connectivity index (χ0n) is 16.2. The van der Waals surface area contributed by atoms with E-state index < -0.39 is 0 Å². The summed E-state index contributed by atoms with van der Waals surface area (Å²) in [5.74, 6) is 1.95. The van der Waals surface area contributed by atoms with Gasteiger partial charge in [0, 0.05) is 19.0 Å². The lowest BCUT2D eigenvalue weighted by Crippen LogP contribution is -2.32. The Morgan fingerprint density at radius 2 is 1.96 bits per heavy atom.